The first-order valence-electron chi connectivity index (χ1n) is 16.5. The van der Waals surface area contributed by atoms with Gasteiger partial charge in [0.2, 0.25) is 25.8 Å². The van der Waals surface area contributed by atoms with E-state index in [0.29, 0.717) is 47.9 Å². The third kappa shape index (κ3) is 5.61. The van der Waals surface area contributed by atoms with E-state index in [2.05, 4.69) is 9.88 Å². The smallest absolute Gasteiger partial charge is 0.244 e. The van der Waals surface area contributed by atoms with Crippen molar-refractivity contribution in [2.45, 2.75) is 33.7 Å². The van der Waals surface area contributed by atoms with E-state index < -0.39 is 25.9 Å². The second-order valence-corrected chi connectivity index (χ2v) is 16.5. The van der Waals surface area contributed by atoms with Gasteiger partial charge in [0.1, 0.15) is 6.04 Å². The van der Waals surface area contributed by atoms with Crippen LogP contribution in [0, 0.1) is 0 Å². The Labute approximate surface area is 291 Å². The number of pyridine rings is 1. The number of aromatic nitrogens is 1. The average molecular weight is 703 g/mol. The molecule has 2 aliphatic heterocycles. The first-order valence-corrected chi connectivity index (χ1v) is 19.4. The lowest BCUT2D eigenvalue weighted by Gasteiger charge is -2.41. The molecule has 0 bridgehead atoms. The quantitative estimate of drug-likeness (QED) is 0.220. The number of piperazine rings is 1. The van der Waals surface area contributed by atoms with Crippen LogP contribution in [0.3, 0.4) is 0 Å². The summed E-state index contributed by atoms with van der Waals surface area (Å²) < 4.78 is 58.9. The molecular formula is C39H34N4O5S2. The normalized spacial score (nSPS) is 17.2. The minimum atomic E-state index is -4.23. The lowest BCUT2D eigenvalue weighted by atomic mass is 9.95. The summed E-state index contributed by atoms with van der Waals surface area (Å²) in [6, 6.07) is 33.0. The van der Waals surface area contributed by atoms with E-state index in [1.165, 1.54) is 4.31 Å². The number of benzene rings is 5. The second-order valence-electron chi connectivity index (χ2n) is 12.7. The summed E-state index contributed by atoms with van der Waals surface area (Å²) in [4.78, 5) is 22.8. The second kappa shape index (κ2) is 12.7. The number of carbonyl (C=O) groups is 1. The molecule has 6 aromatic rings. The SMILES string of the molecule is O=C([C@@H]1Cc2ccc(S(=O)(=O)c3cccc4cnccc34)cc2CN1S(=O)(=O)c1cccc2ccccc12)N1CCN(c2ccccc2)CC1. The molecule has 1 amide bonds. The maximum atomic E-state index is 14.7. The molecule has 5 aromatic carbocycles. The molecule has 11 heteroatoms. The van der Waals surface area contributed by atoms with Gasteiger partial charge in [0.15, 0.2) is 0 Å². The summed E-state index contributed by atoms with van der Waals surface area (Å²) >= 11 is 0. The molecule has 50 heavy (non-hydrogen) atoms. The van der Waals surface area contributed by atoms with Crippen LogP contribution in [0.4, 0.5) is 5.69 Å². The maximum absolute atomic E-state index is 14.7. The zero-order chi connectivity index (χ0) is 34.5. The third-order valence-electron chi connectivity index (χ3n) is 9.84. The fourth-order valence-electron chi connectivity index (χ4n) is 7.20. The van der Waals surface area contributed by atoms with E-state index in [4.69, 9.17) is 0 Å². The molecule has 8 rings (SSSR count). The molecule has 1 atom stereocenters. The highest BCUT2D eigenvalue weighted by atomic mass is 32.2. The Kier molecular flexibility index (Phi) is 8.13. The van der Waals surface area contributed by atoms with Gasteiger partial charge in [-0.3, -0.25) is 9.78 Å². The minimum absolute atomic E-state index is 0.0601. The Morgan fingerprint density at radius 2 is 1.34 bits per heavy atom. The van der Waals surface area contributed by atoms with Gasteiger partial charge in [0, 0.05) is 67.0 Å². The van der Waals surface area contributed by atoms with Crippen LogP contribution in [0.1, 0.15) is 11.1 Å². The number of fused-ring (bicyclic) bond motifs is 3. The summed E-state index contributed by atoms with van der Waals surface area (Å²) in [6.07, 6.45) is 3.30. The van der Waals surface area contributed by atoms with E-state index in [-0.39, 0.29) is 33.6 Å². The molecule has 9 nitrogen and oxygen atoms in total. The van der Waals surface area contributed by atoms with Crippen LogP contribution < -0.4 is 4.90 Å². The van der Waals surface area contributed by atoms with Gasteiger partial charge in [-0.05, 0) is 65.4 Å². The number of anilines is 1. The lowest BCUT2D eigenvalue weighted by Crippen LogP contribution is -2.57. The van der Waals surface area contributed by atoms with Gasteiger partial charge < -0.3 is 9.80 Å². The van der Waals surface area contributed by atoms with Gasteiger partial charge in [-0.1, -0.05) is 72.8 Å². The van der Waals surface area contributed by atoms with E-state index in [1.54, 1.807) is 78.0 Å². The number of amides is 1. The lowest BCUT2D eigenvalue weighted by molar-refractivity contribution is -0.136. The van der Waals surface area contributed by atoms with Gasteiger partial charge in [-0.15, -0.1) is 0 Å². The fourth-order valence-corrected chi connectivity index (χ4v) is 10.5. The van der Waals surface area contributed by atoms with Crippen LogP contribution in [0.15, 0.2) is 142 Å². The number of hydrogen-bond donors (Lipinski definition) is 0. The van der Waals surface area contributed by atoms with Crippen molar-refractivity contribution in [3.8, 4) is 0 Å². The molecular weight excluding hydrogens is 669 g/mol. The van der Waals surface area contributed by atoms with Crippen LogP contribution in [0.25, 0.3) is 21.5 Å². The summed E-state index contributed by atoms with van der Waals surface area (Å²) in [7, 11) is -8.21. The number of sulfone groups is 1. The van der Waals surface area contributed by atoms with Crippen LogP contribution in [0.5, 0.6) is 0 Å². The summed E-state index contributed by atoms with van der Waals surface area (Å²) in [5.41, 5.74) is 2.38. The highest BCUT2D eigenvalue weighted by Crippen LogP contribution is 2.36. The first kappa shape index (κ1) is 32.1. The van der Waals surface area contributed by atoms with E-state index in [0.717, 1.165) is 16.6 Å². The predicted molar refractivity (Wildman–Crippen MR) is 193 cm³/mol. The maximum Gasteiger partial charge on any atom is 0.244 e. The van der Waals surface area contributed by atoms with Gasteiger partial charge in [0.05, 0.1) is 14.7 Å². The summed E-state index contributed by atoms with van der Waals surface area (Å²) in [6.45, 7) is 2.01. The monoisotopic (exact) mass is 702 g/mol. The summed E-state index contributed by atoms with van der Waals surface area (Å²) in [5, 5.41) is 2.58. The molecule has 1 aromatic heterocycles. The van der Waals surface area contributed by atoms with Gasteiger partial charge in [-0.2, -0.15) is 4.31 Å². The van der Waals surface area contributed by atoms with Crippen molar-refractivity contribution in [2.24, 2.45) is 0 Å². The number of nitrogens with zero attached hydrogens (tertiary/aromatic N) is 4. The Hall–Kier alpha value is -5.10. The van der Waals surface area contributed by atoms with Crippen LogP contribution in [-0.2, 0) is 37.6 Å². The van der Waals surface area contributed by atoms with Gasteiger partial charge in [0.25, 0.3) is 0 Å². The Morgan fingerprint density at radius 1 is 0.660 bits per heavy atom. The van der Waals surface area contributed by atoms with Crippen molar-refractivity contribution >= 4 is 53.0 Å². The third-order valence-corrected chi connectivity index (χ3v) is 13.6. The van der Waals surface area contributed by atoms with Crippen molar-refractivity contribution in [3.63, 3.8) is 0 Å². The number of sulfonamides is 1. The molecule has 0 aliphatic carbocycles. The molecule has 1 fully saturated rings. The fraction of sp³-hybridized carbons (Fsp3) is 0.179. The molecule has 0 N–H and O–H groups in total. The summed E-state index contributed by atoms with van der Waals surface area (Å²) in [5.74, 6) is -0.256. The number of carbonyl (C=O) groups excluding carboxylic acids is 1. The van der Waals surface area contributed by atoms with Crippen molar-refractivity contribution in [2.75, 3.05) is 31.1 Å². The van der Waals surface area contributed by atoms with Crippen LogP contribution in [-0.4, -0.2) is 69.2 Å². The van der Waals surface area contributed by atoms with Crippen molar-refractivity contribution < 1.29 is 21.6 Å². The van der Waals surface area contributed by atoms with Crippen molar-refractivity contribution in [1.29, 1.82) is 0 Å². The highest BCUT2D eigenvalue weighted by molar-refractivity contribution is 7.91. The molecule has 2 aliphatic rings. The van der Waals surface area contributed by atoms with E-state index in [9.17, 15) is 21.6 Å². The molecule has 0 radical (unpaired) electrons. The number of hydrogen-bond acceptors (Lipinski definition) is 7. The van der Waals surface area contributed by atoms with Crippen LogP contribution >= 0.6 is 0 Å². The number of para-hydroxylation sites is 1. The standard InChI is InChI=1S/C39H34N4O5S2/c44-39(42-22-20-41(21-23-42)32-11-2-1-3-12-32)36-25-29-16-17-33(49(45,46)37-14-7-10-30-26-40-19-18-35(30)37)24-31(29)27-43(36)50(47,48)38-15-6-9-28-8-4-5-13-34(28)38/h1-19,24,26,36H,20-23,25,27H2/t36-/m0/s1. The van der Waals surface area contributed by atoms with E-state index in [1.807, 2.05) is 54.6 Å². The molecule has 0 spiro atoms. The minimum Gasteiger partial charge on any atom is -0.368 e. The molecule has 0 saturated carbocycles. The largest absolute Gasteiger partial charge is 0.368 e. The van der Waals surface area contributed by atoms with Crippen molar-refractivity contribution in [1.82, 2.24) is 14.2 Å². The Morgan fingerprint density at radius 3 is 2.14 bits per heavy atom. The molecule has 1 saturated heterocycles. The number of rotatable bonds is 6. The van der Waals surface area contributed by atoms with Crippen molar-refractivity contribution in [3.05, 3.63) is 139 Å². The Bertz CT molecular complexity index is 2470. The zero-order valence-electron chi connectivity index (χ0n) is 27.1. The Balaban J connectivity index is 1.17. The van der Waals surface area contributed by atoms with Gasteiger partial charge in [-0.25, -0.2) is 16.8 Å². The molecule has 252 valence electrons. The molecule has 0 unspecified atom stereocenters. The zero-order valence-corrected chi connectivity index (χ0v) is 28.7. The first-order chi connectivity index (χ1) is 24.2. The molecule has 3 heterocycles. The average Bonchev–Trinajstić information content (AvgIpc) is 3.16. The van der Waals surface area contributed by atoms with Crippen LogP contribution in [0.2, 0.25) is 0 Å². The predicted octanol–water partition coefficient (Wildman–Crippen LogP) is 5.69. The van der Waals surface area contributed by atoms with Gasteiger partial charge >= 0.3 is 0 Å². The topological polar surface area (TPSA) is 108 Å². The van der Waals surface area contributed by atoms with E-state index >= 15 is 0 Å². The highest BCUT2D eigenvalue weighted by Gasteiger charge is 2.42.